The van der Waals surface area contributed by atoms with Gasteiger partial charge in [-0.15, -0.1) is 11.6 Å². The van der Waals surface area contributed by atoms with E-state index in [2.05, 4.69) is 28.4 Å². The molecule has 1 aliphatic carbocycles. The van der Waals surface area contributed by atoms with Gasteiger partial charge in [0.05, 0.1) is 23.7 Å². The highest BCUT2D eigenvalue weighted by Crippen LogP contribution is 2.52. The molecule has 0 amide bonds. The summed E-state index contributed by atoms with van der Waals surface area (Å²) in [7, 11) is 1.78. The van der Waals surface area contributed by atoms with E-state index in [1.54, 1.807) is 19.5 Å². The van der Waals surface area contributed by atoms with Crippen molar-refractivity contribution in [3.8, 4) is 0 Å². The molecule has 19 heavy (non-hydrogen) atoms. The first-order chi connectivity index (χ1) is 9.09. The van der Waals surface area contributed by atoms with E-state index in [9.17, 15) is 0 Å². The Hall–Kier alpha value is -1.13. The second-order valence-corrected chi connectivity index (χ2v) is 5.96. The molecule has 0 radical (unpaired) electrons. The average molecular weight is 280 g/mol. The Kier molecular flexibility index (Phi) is 3.02. The lowest BCUT2D eigenvalue weighted by Gasteiger charge is -2.52. The van der Waals surface area contributed by atoms with Crippen LogP contribution in [0, 0.1) is 5.41 Å². The molecule has 5 heteroatoms. The number of alkyl halides is 1. The zero-order chi connectivity index (χ0) is 13.6. The summed E-state index contributed by atoms with van der Waals surface area (Å²) in [4.78, 5) is 8.71. The third-order valence-corrected chi connectivity index (χ3v) is 4.65. The number of pyridine rings is 1. The molecule has 3 rings (SSSR count). The van der Waals surface area contributed by atoms with Crippen molar-refractivity contribution in [2.45, 2.75) is 38.3 Å². The summed E-state index contributed by atoms with van der Waals surface area (Å²) >= 11 is 6.06. The van der Waals surface area contributed by atoms with Gasteiger partial charge in [-0.05, 0) is 12.5 Å². The van der Waals surface area contributed by atoms with E-state index >= 15 is 0 Å². The summed E-state index contributed by atoms with van der Waals surface area (Å²) in [5.41, 5.74) is 2.11. The van der Waals surface area contributed by atoms with Crippen molar-refractivity contribution < 1.29 is 4.74 Å². The van der Waals surface area contributed by atoms with Crippen LogP contribution in [0.2, 0.25) is 0 Å². The van der Waals surface area contributed by atoms with Crippen molar-refractivity contribution in [2.24, 2.45) is 5.41 Å². The Morgan fingerprint density at radius 1 is 1.53 bits per heavy atom. The third-order valence-electron chi connectivity index (χ3n) is 4.41. The van der Waals surface area contributed by atoms with Crippen LogP contribution in [0.3, 0.4) is 0 Å². The maximum Gasteiger partial charge on any atom is 0.125 e. The SMILES string of the molecule is COC1CC(n2c(CCl)nc3cnccc32)C1(C)C. The Balaban J connectivity index is 2.10. The van der Waals surface area contributed by atoms with Crippen LogP contribution in [-0.2, 0) is 10.6 Å². The first-order valence-corrected chi connectivity index (χ1v) is 7.02. The van der Waals surface area contributed by atoms with Gasteiger partial charge in [-0.2, -0.15) is 0 Å². The zero-order valence-corrected chi connectivity index (χ0v) is 12.2. The van der Waals surface area contributed by atoms with Crippen molar-refractivity contribution in [3.63, 3.8) is 0 Å². The Labute approximate surface area is 117 Å². The highest BCUT2D eigenvalue weighted by atomic mass is 35.5. The summed E-state index contributed by atoms with van der Waals surface area (Å²) in [5, 5.41) is 0. The number of hydrogen-bond donors (Lipinski definition) is 0. The summed E-state index contributed by atoms with van der Waals surface area (Å²) in [6.07, 6.45) is 4.89. The molecule has 0 bridgehead atoms. The van der Waals surface area contributed by atoms with Gasteiger partial charge in [0.2, 0.25) is 0 Å². The van der Waals surface area contributed by atoms with E-state index in [0.29, 0.717) is 18.0 Å². The fraction of sp³-hybridized carbons (Fsp3) is 0.571. The topological polar surface area (TPSA) is 39.9 Å². The first-order valence-electron chi connectivity index (χ1n) is 6.49. The normalized spacial score (nSPS) is 25.5. The first kappa shape index (κ1) is 12.9. The monoisotopic (exact) mass is 279 g/mol. The highest BCUT2D eigenvalue weighted by Gasteiger charge is 2.50. The van der Waals surface area contributed by atoms with Crippen LogP contribution in [0.5, 0.6) is 0 Å². The van der Waals surface area contributed by atoms with Gasteiger partial charge in [0, 0.05) is 24.8 Å². The Morgan fingerprint density at radius 2 is 2.32 bits per heavy atom. The maximum absolute atomic E-state index is 6.06. The molecule has 1 aliphatic rings. The van der Waals surface area contributed by atoms with E-state index in [1.165, 1.54) is 0 Å². The summed E-state index contributed by atoms with van der Waals surface area (Å²) in [6, 6.07) is 2.38. The number of aromatic nitrogens is 3. The number of methoxy groups -OCH3 is 1. The number of nitrogens with zero attached hydrogens (tertiary/aromatic N) is 3. The molecule has 2 aromatic rings. The van der Waals surface area contributed by atoms with Crippen LogP contribution in [0.4, 0.5) is 0 Å². The number of imidazole rings is 1. The van der Waals surface area contributed by atoms with E-state index < -0.39 is 0 Å². The molecule has 0 spiro atoms. The molecule has 102 valence electrons. The molecule has 4 nitrogen and oxygen atoms in total. The van der Waals surface area contributed by atoms with Crippen LogP contribution in [-0.4, -0.2) is 27.7 Å². The Morgan fingerprint density at radius 3 is 2.95 bits per heavy atom. The molecule has 0 N–H and O–H groups in total. The van der Waals surface area contributed by atoms with Gasteiger partial charge >= 0.3 is 0 Å². The van der Waals surface area contributed by atoms with Crippen LogP contribution in [0.15, 0.2) is 18.5 Å². The smallest absolute Gasteiger partial charge is 0.125 e. The van der Waals surface area contributed by atoms with Crippen LogP contribution < -0.4 is 0 Å². The van der Waals surface area contributed by atoms with Crippen LogP contribution >= 0.6 is 11.6 Å². The van der Waals surface area contributed by atoms with Gasteiger partial charge < -0.3 is 9.30 Å². The van der Waals surface area contributed by atoms with Gasteiger partial charge in [-0.3, -0.25) is 4.98 Å². The summed E-state index contributed by atoms with van der Waals surface area (Å²) in [5.74, 6) is 1.33. The molecule has 0 saturated heterocycles. The lowest BCUT2D eigenvalue weighted by molar-refractivity contribution is -0.112. The average Bonchev–Trinajstić information content (AvgIpc) is 2.77. The van der Waals surface area contributed by atoms with Crippen molar-refractivity contribution in [1.29, 1.82) is 0 Å². The molecular weight excluding hydrogens is 262 g/mol. The standard InChI is InChI=1S/C14H18ClN3O/c1-14(2)11(6-12(14)19-3)18-10-4-5-16-8-9(10)17-13(18)7-15/h4-5,8,11-12H,6-7H2,1-3H3. The van der Waals surface area contributed by atoms with E-state index in [1.807, 2.05) is 6.07 Å². The Bertz CT molecular complexity index is 608. The molecule has 2 atom stereocenters. The highest BCUT2D eigenvalue weighted by molar-refractivity contribution is 6.16. The van der Waals surface area contributed by atoms with Gasteiger partial charge in [0.25, 0.3) is 0 Å². The zero-order valence-electron chi connectivity index (χ0n) is 11.4. The third kappa shape index (κ3) is 1.77. The van der Waals surface area contributed by atoms with Gasteiger partial charge in [0.15, 0.2) is 0 Å². The predicted octanol–water partition coefficient (Wildman–Crippen LogP) is 3.16. The van der Waals surface area contributed by atoms with Crippen LogP contribution in [0.1, 0.15) is 32.1 Å². The quantitative estimate of drug-likeness (QED) is 0.810. The number of ether oxygens (including phenoxy) is 1. The van der Waals surface area contributed by atoms with E-state index in [0.717, 1.165) is 23.3 Å². The van der Waals surface area contributed by atoms with Crippen molar-refractivity contribution in [2.75, 3.05) is 7.11 Å². The van der Waals surface area contributed by atoms with Crippen molar-refractivity contribution >= 4 is 22.6 Å². The van der Waals surface area contributed by atoms with Gasteiger partial charge in [0.1, 0.15) is 11.3 Å². The minimum atomic E-state index is 0.0897. The van der Waals surface area contributed by atoms with Crippen molar-refractivity contribution in [1.82, 2.24) is 14.5 Å². The molecule has 2 heterocycles. The minimum Gasteiger partial charge on any atom is -0.381 e. The van der Waals surface area contributed by atoms with Crippen molar-refractivity contribution in [3.05, 3.63) is 24.3 Å². The minimum absolute atomic E-state index is 0.0897. The second kappa shape index (κ2) is 4.46. The molecular formula is C14H18ClN3O. The number of hydrogen-bond acceptors (Lipinski definition) is 3. The number of fused-ring (bicyclic) bond motifs is 1. The number of halogens is 1. The maximum atomic E-state index is 6.06. The lowest BCUT2D eigenvalue weighted by Crippen LogP contribution is -2.51. The van der Waals surface area contributed by atoms with Gasteiger partial charge in [-0.25, -0.2) is 4.98 Å². The molecule has 1 saturated carbocycles. The fourth-order valence-corrected chi connectivity index (χ4v) is 3.33. The molecule has 1 fully saturated rings. The summed E-state index contributed by atoms with van der Waals surface area (Å²) < 4.78 is 7.80. The van der Waals surface area contributed by atoms with E-state index in [-0.39, 0.29) is 5.41 Å². The molecule has 0 aromatic carbocycles. The molecule has 0 aliphatic heterocycles. The fourth-order valence-electron chi connectivity index (χ4n) is 3.15. The number of rotatable bonds is 3. The van der Waals surface area contributed by atoms with Crippen LogP contribution in [0.25, 0.3) is 11.0 Å². The second-order valence-electron chi connectivity index (χ2n) is 5.69. The molecule has 2 aromatic heterocycles. The lowest BCUT2D eigenvalue weighted by atomic mass is 9.64. The van der Waals surface area contributed by atoms with E-state index in [4.69, 9.17) is 16.3 Å². The molecule has 2 unspecified atom stereocenters. The largest absolute Gasteiger partial charge is 0.381 e. The summed E-state index contributed by atoms with van der Waals surface area (Å²) in [6.45, 7) is 4.47. The predicted molar refractivity (Wildman–Crippen MR) is 75.3 cm³/mol. The van der Waals surface area contributed by atoms with Gasteiger partial charge in [-0.1, -0.05) is 13.8 Å².